The zero-order valence-electron chi connectivity index (χ0n) is 77.1. The van der Waals surface area contributed by atoms with E-state index >= 15 is 0 Å². The summed E-state index contributed by atoms with van der Waals surface area (Å²) in [5.74, 6) is 5.58. The van der Waals surface area contributed by atoms with Gasteiger partial charge in [0.25, 0.3) is 0 Å². The number of carbonyl (C=O) groups is 2. The Kier molecular flexibility index (Phi) is 24.6. The highest BCUT2D eigenvalue weighted by Crippen LogP contribution is 2.80. The number of allylic oxidation sites excluding steroid dienone is 1. The first-order chi connectivity index (χ1) is 60.5. The fourth-order valence-electron chi connectivity index (χ4n) is 30.5. The van der Waals surface area contributed by atoms with E-state index in [1.165, 1.54) is 82.2 Å². The highest BCUT2D eigenvalue weighted by Gasteiger charge is 2.75. The van der Waals surface area contributed by atoms with E-state index in [0.29, 0.717) is 134 Å². The molecule has 13 aliphatic rings. The van der Waals surface area contributed by atoms with Gasteiger partial charge in [-0.05, 0) is 269 Å². The summed E-state index contributed by atoms with van der Waals surface area (Å²) >= 11 is 0. The van der Waals surface area contributed by atoms with Crippen molar-refractivity contribution < 1.29 is 60.7 Å². The lowest BCUT2D eigenvalue weighted by Gasteiger charge is -2.72. The van der Waals surface area contributed by atoms with Gasteiger partial charge < -0.3 is 78.6 Å². The van der Waals surface area contributed by atoms with E-state index in [2.05, 4.69) is 162 Å². The van der Waals surface area contributed by atoms with Gasteiger partial charge in [0.1, 0.15) is 43.0 Å². The van der Waals surface area contributed by atoms with Crippen LogP contribution in [0.2, 0.25) is 0 Å². The number of hydrogen-bond acceptors (Lipinski definition) is 27. The van der Waals surface area contributed by atoms with Crippen molar-refractivity contribution in [3.8, 4) is 0 Å². The zero-order chi connectivity index (χ0) is 92.0. The van der Waals surface area contributed by atoms with Crippen molar-refractivity contribution in [2.45, 2.75) is 286 Å². The number of anilines is 4. The number of aliphatic hydroxyl groups is 8. The largest absolute Gasteiger partial charge is 0.481 e. The Bertz CT molecular complexity index is 5360. The summed E-state index contributed by atoms with van der Waals surface area (Å²) in [6, 6.07) is -0.00889. The lowest BCUT2D eigenvalue weighted by atomic mass is 9.32. The summed E-state index contributed by atoms with van der Waals surface area (Å²) in [6.45, 7) is 35.8. The third-order valence-electron chi connectivity index (χ3n) is 38.1. The van der Waals surface area contributed by atoms with E-state index in [-0.39, 0.29) is 123 Å². The lowest BCUT2D eigenvalue weighted by Crippen LogP contribution is -2.67. The number of nitrogens with zero attached hydrogens (tertiary/aromatic N) is 17. The van der Waals surface area contributed by atoms with Crippen molar-refractivity contribution in [3.05, 3.63) is 62.4 Å². The van der Waals surface area contributed by atoms with Crippen molar-refractivity contribution >= 4 is 85.9 Å². The summed E-state index contributed by atoms with van der Waals surface area (Å²) < 4.78 is 6.82. The van der Waals surface area contributed by atoms with Crippen LogP contribution in [0.1, 0.15) is 256 Å². The van der Waals surface area contributed by atoms with Gasteiger partial charge in [0.05, 0.1) is 97.2 Å². The van der Waals surface area contributed by atoms with Crippen molar-refractivity contribution in [2.75, 3.05) is 42.8 Å². The second-order valence-electron chi connectivity index (χ2n) is 44.1. The number of hydrogen-bond donors (Lipinski definition) is 14. The molecule has 8 heterocycles. The molecule has 13 fully saturated rings. The Morgan fingerprint density at radius 3 is 1.45 bits per heavy atom. The summed E-state index contributed by atoms with van der Waals surface area (Å²) in [5, 5.41) is 111. The highest BCUT2D eigenvalue weighted by atomic mass is 16.4. The molecule has 13 saturated carbocycles. The second kappa shape index (κ2) is 33.9. The van der Waals surface area contributed by atoms with Crippen LogP contribution in [0.15, 0.2) is 62.4 Å². The van der Waals surface area contributed by atoms with Gasteiger partial charge in [-0.3, -0.25) is 14.2 Å². The zero-order valence-corrected chi connectivity index (χ0v) is 77.1. The van der Waals surface area contributed by atoms with E-state index in [0.717, 1.165) is 83.5 Å². The van der Waals surface area contributed by atoms with Crippen molar-refractivity contribution in [3.63, 3.8) is 0 Å². The third kappa shape index (κ3) is 14.5. The third-order valence-corrected chi connectivity index (χ3v) is 38.1. The number of fused-ring (bicyclic) bond motifs is 18. The molecule has 28 atom stereocenters. The predicted octanol–water partition coefficient (Wildman–Crippen LogP) is 11.9. The second-order valence-corrected chi connectivity index (χ2v) is 44.1. The first-order valence-electron chi connectivity index (χ1n) is 47.2. The van der Waals surface area contributed by atoms with E-state index < -0.39 is 35.0 Å². The standard InChI is InChI=1S/C30H50O3.C30H48O3.C10H13N5O2.C9H12N6O2.2C8H9N5O/c2*1-18(2)19-10-15-30(25(32)33)17-16-28(6)20(24(19)30)8-9-22-27(5)13-12-23(31)26(3,4)21(27)11-14-29(22,28)7;11-9-5-2-14-15(10(5)13-4-12-9)7-1-8(17)6(7)3-16;10-8-7-9(12-3-11-8)15(14-13-7)5-1-6(17)4(5)2-16;9-7-6-8(11-2-10-7)13(3-12-6)4-1-5(4)14;9-7-6-8(11-4-10-7)13(5-12-6)2-1-3-14/h18-24,31H,8-17H2,1-7H3,(H,32,33);19-24,31H,1,8-17H2,2-7H3,(H,32,33);2,4,6-8,16-17H,1,3H2,(H2,11,12,13);3-6,16-17H,1-2H2,(H2,10,11,12);2-5,14H,1H2,(H2,9,10,11);1-2,4-5,14H,3H2,(H2,9,10,11)/b;;;;;2-1-/t2*19-,20+,21-,22+,23-,24+,27-,28+,29+,30-;6-,7?,8?;4-,5?,6?;;/m0000../s1. The normalized spacial score (nSPS) is 40.0. The number of aromatic nitrogens is 17. The first-order valence-corrected chi connectivity index (χ1v) is 47.2. The maximum atomic E-state index is 12.8. The molecule has 0 saturated heterocycles. The Balaban J connectivity index is 0.000000117. The molecule has 6 unspecified atom stereocenters. The molecule has 0 bridgehead atoms. The summed E-state index contributed by atoms with van der Waals surface area (Å²) in [5.41, 5.74) is 28.4. The smallest absolute Gasteiger partial charge is 0.309 e. The van der Waals surface area contributed by atoms with Gasteiger partial charge >= 0.3 is 11.9 Å². The molecule has 0 aliphatic heterocycles. The summed E-state index contributed by atoms with van der Waals surface area (Å²) in [6.07, 6.45) is 35.5. The number of nitrogens with two attached hydrogens (primary N) is 4. The van der Waals surface area contributed by atoms with E-state index in [9.17, 15) is 55.5 Å². The average Bonchev–Trinajstić information content (AvgIpc) is 1.14. The van der Waals surface area contributed by atoms with Crippen molar-refractivity contribution in [2.24, 2.45) is 131 Å². The molecule has 128 heavy (non-hydrogen) atoms. The fraction of sp³-hybridized carbons (Fsp3) is 0.737. The lowest BCUT2D eigenvalue weighted by molar-refractivity contribution is -0.249. The first kappa shape index (κ1) is 92.7. The van der Waals surface area contributed by atoms with Crippen molar-refractivity contribution in [1.29, 1.82) is 0 Å². The molecular formula is C95H141N21O12. The van der Waals surface area contributed by atoms with Crippen LogP contribution in [-0.4, -0.2) is 197 Å². The van der Waals surface area contributed by atoms with Gasteiger partial charge in [-0.1, -0.05) is 100 Å². The highest BCUT2D eigenvalue weighted by molar-refractivity contribution is 5.85. The summed E-state index contributed by atoms with van der Waals surface area (Å²) in [4.78, 5) is 65.4. The number of carboxylic acids is 2. The van der Waals surface area contributed by atoms with Crippen LogP contribution in [0.5, 0.6) is 0 Å². The molecule has 21 rings (SSSR count). The van der Waals surface area contributed by atoms with Crippen LogP contribution in [0, 0.1) is 131 Å². The minimum atomic E-state index is -0.538. The van der Waals surface area contributed by atoms with Gasteiger partial charge in [0, 0.05) is 18.0 Å². The van der Waals surface area contributed by atoms with Gasteiger partial charge in [-0.25, -0.2) is 59.2 Å². The molecule has 0 spiro atoms. The number of aliphatic hydroxyl groups excluding tert-OH is 8. The van der Waals surface area contributed by atoms with Crippen LogP contribution in [0.4, 0.5) is 23.3 Å². The maximum Gasteiger partial charge on any atom is 0.309 e. The molecule has 698 valence electrons. The van der Waals surface area contributed by atoms with Crippen LogP contribution in [0.25, 0.3) is 50.7 Å². The van der Waals surface area contributed by atoms with Crippen LogP contribution >= 0.6 is 0 Å². The maximum absolute atomic E-state index is 12.8. The molecule has 8 aromatic rings. The molecule has 0 radical (unpaired) electrons. The van der Waals surface area contributed by atoms with Crippen LogP contribution in [-0.2, 0) is 9.59 Å². The van der Waals surface area contributed by atoms with Gasteiger partial charge in [-0.2, -0.15) is 5.10 Å². The van der Waals surface area contributed by atoms with Crippen LogP contribution < -0.4 is 22.9 Å². The minimum absolute atomic E-state index is 0.00863. The molecule has 33 nitrogen and oxygen atoms in total. The Labute approximate surface area is 749 Å². The fourth-order valence-corrected chi connectivity index (χ4v) is 30.5. The molecule has 13 aliphatic carbocycles. The minimum Gasteiger partial charge on any atom is -0.481 e. The number of nitrogen functional groups attached to an aromatic ring is 4. The van der Waals surface area contributed by atoms with Crippen molar-refractivity contribution in [1.82, 2.24) is 83.7 Å². The monoisotopic (exact) mass is 1770 g/mol. The van der Waals surface area contributed by atoms with Gasteiger partial charge in [-0.15, -0.1) is 5.10 Å². The Hall–Kier alpha value is -8.57. The van der Waals surface area contributed by atoms with Crippen LogP contribution in [0.3, 0.4) is 0 Å². The molecule has 33 heteroatoms. The molecule has 0 amide bonds. The van der Waals surface area contributed by atoms with E-state index in [1.54, 1.807) is 45.1 Å². The molecule has 18 N–H and O–H groups in total. The molecule has 8 aromatic heterocycles. The number of carboxylic acid groups (broad SMARTS) is 2. The predicted molar refractivity (Wildman–Crippen MR) is 485 cm³/mol. The average molecular weight is 1770 g/mol. The topological polar surface area (TPSA) is 528 Å². The number of rotatable bonds is 11. The Morgan fingerprint density at radius 2 is 0.945 bits per heavy atom. The Morgan fingerprint density at radius 1 is 0.484 bits per heavy atom. The molecule has 0 aromatic carbocycles. The molecular weight excluding hydrogens is 1630 g/mol. The SMILES string of the molecule is C=C(C)[C@@H]1CC[C@]2(C(=O)O)CC[C@]3(C)[C@H](CC[C@@H]4[C@@]5(C)CC[C@H](O)C(C)(C)[C@@H]5CC[C@]43C)[C@@H]12.CC(C)[C@@H]1CC[C@]2(C(=O)O)CC[C@]3(C)[C@H](CC[C@@H]4[C@@]5(C)CC[C@H](O)C(C)(C)[C@@H]5CC[C@]43C)[C@@H]12.Nc1ncnc2c1cnn2C1CC(O)[C@H]1CO.Nc1ncnc2c1ncn2/C=C\CO.Nc1ncnc2c1ncn2C1CC1O.Nc1ncnc2c1nnn2C1CC(O)[C@H]1CO. The van der Waals surface area contributed by atoms with Gasteiger partial charge in [0.2, 0.25) is 0 Å². The van der Waals surface area contributed by atoms with E-state index in [4.69, 9.17) is 28.0 Å². The quantitative estimate of drug-likeness (QED) is 0.0535. The van der Waals surface area contributed by atoms with Gasteiger partial charge in [0.15, 0.2) is 51.1 Å². The van der Waals surface area contributed by atoms with E-state index in [1.807, 2.05) is 4.57 Å². The number of imidazole rings is 2. The number of aliphatic carboxylic acids is 2. The summed E-state index contributed by atoms with van der Waals surface area (Å²) in [7, 11) is 0.